The second-order valence-electron chi connectivity index (χ2n) is 38.6. The number of carbonyl (C=O) groups is 8. The average molecular weight is 2000 g/mol. The number of aromatic nitrogens is 12. The van der Waals surface area contributed by atoms with Gasteiger partial charge in [-0.2, -0.15) is 29.9 Å². The van der Waals surface area contributed by atoms with Crippen molar-refractivity contribution in [2.24, 2.45) is 0 Å². The third kappa shape index (κ3) is 39.5. The summed E-state index contributed by atoms with van der Waals surface area (Å²) in [5, 5.41) is 24.8. The lowest BCUT2D eigenvalue weighted by Gasteiger charge is -2.35. The number of halogens is 3. The van der Waals surface area contributed by atoms with Crippen LogP contribution in [-0.2, 0) is 64.3 Å². The van der Waals surface area contributed by atoms with Gasteiger partial charge >= 0.3 is 0 Å². The number of amides is 2. The van der Waals surface area contributed by atoms with Crippen LogP contribution in [0.3, 0.4) is 0 Å². The number of para-hydroxylation sites is 1. The number of unbranched alkanes of at least 4 members (excludes halogenated alkanes) is 6. The number of nitrogen functional groups attached to an aromatic ring is 6. The zero-order valence-electron chi connectivity index (χ0n) is 87.1. The van der Waals surface area contributed by atoms with Gasteiger partial charge in [0, 0.05) is 146 Å². The summed E-state index contributed by atoms with van der Waals surface area (Å²) in [5.41, 5.74) is 40.3. The SMILES string of the molecule is CCCC[C@H](CCC(C)=O)Nc1nc(N)nc2cc(F)c(F)cc12.CCCC[C@H](CCC(C)=O)Nc1nc(N)nc2cc(F)ccc12.CCCC[C@H](CCC(C)=O)Nc1nc(N)nc2ccccc12.CCCC[C@](C)(CCC(C)=O)Nc1nc(N)nc2c1CCN(C(C)=O)C2.CCCC[C@](C)(CCC(C)=O)Nc1nc(N)nc2c1CN(C(C)=O)CC2.CCCC[C@](C)(CCC(C)=O)Nc1nc(N)nc2ccsc12. The highest BCUT2D eigenvalue weighted by Crippen LogP contribution is 2.38. The summed E-state index contributed by atoms with van der Waals surface area (Å²) in [6, 6.07) is 16.5. The lowest BCUT2D eigenvalue weighted by Crippen LogP contribution is -2.39. The number of anilines is 12. The zero-order valence-corrected chi connectivity index (χ0v) is 87.9. The van der Waals surface area contributed by atoms with Crippen LogP contribution in [0.4, 0.5) is 83.8 Å². The third-order valence-corrected chi connectivity index (χ3v) is 26.2. The molecule has 0 aliphatic carbocycles. The third-order valence-electron chi connectivity index (χ3n) is 25.3. The van der Waals surface area contributed by atoms with E-state index < -0.39 is 11.6 Å². The van der Waals surface area contributed by atoms with Crippen LogP contribution >= 0.6 is 11.3 Å². The van der Waals surface area contributed by atoms with Crippen LogP contribution in [0.25, 0.3) is 42.9 Å². The Balaban J connectivity index is 0.000000233. The van der Waals surface area contributed by atoms with E-state index in [1.807, 2.05) is 35.7 Å². The van der Waals surface area contributed by atoms with Gasteiger partial charge in [-0.15, -0.1) is 11.3 Å². The molecule has 38 heteroatoms. The number of nitrogens with zero attached hydrogens (tertiary/aromatic N) is 14. The Morgan fingerprint density at radius 3 is 1.15 bits per heavy atom. The van der Waals surface area contributed by atoms with Crippen molar-refractivity contribution >= 4 is 171 Å². The molecule has 0 radical (unpaired) electrons. The fourth-order valence-corrected chi connectivity index (χ4v) is 17.7. The maximum atomic E-state index is 13.6. The second-order valence-corrected chi connectivity index (χ2v) is 39.5. The molecular formula is C105H155F3N26O8S. The summed E-state index contributed by atoms with van der Waals surface area (Å²) in [7, 11) is 0. The number of fused-ring (bicyclic) bond motifs is 6. The second kappa shape index (κ2) is 58.1. The van der Waals surface area contributed by atoms with Crippen molar-refractivity contribution in [3.8, 4) is 0 Å². The minimum Gasteiger partial charge on any atom is -0.368 e. The predicted molar refractivity (Wildman–Crippen MR) is 571 cm³/mol. The molecule has 9 heterocycles. The van der Waals surface area contributed by atoms with Crippen LogP contribution in [0, 0.1) is 17.5 Å². The van der Waals surface area contributed by atoms with Crippen molar-refractivity contribution in [2.45, 2.75) is 371 Å². The van der Waals surface area contributed by atoms with Crippen LogP contribution in [0.2, 0.25) is 0 Å². The molecule has 0 fully saturated rings. The van der Waals surface area contributed by atoms with E-state index in [2.05, 4.69) is 154 Å². The summed E-state index contributed by atoms with van der Waals surface area (Å²) in [6.07, 6.45) is 27.6. The Kier molecular flexibility index (Phi) is 47.6. The Morgan fingerprint density at radius 1 is 0.357 bits per heavy atom. The number of nitrogens with two attached hydrogens (primary N) is 6. The molecule has 0 spiro atoms. The van der Waals surface area contributed by atoms with Gasteiger partial charge in [0.05, 0.1) is 51.2 Å². The van der Waals surface area contributed by atoms with E-state index in [4.69, 9.17) is 34.4 Å². The minimum atomic E-state index is -0.981. The van der Waals surface area contributed by atoms with Gasteiger partial charge in [0.25, 0.3) is 0 Å². The molecule has 2 amide bonds. The fraction of sp³-hybridized carbons (Fsp3) is 0.562. The van der Waals surface area contributed by atoms with Crippen molar-refractivity contribution in [1.29, 1.82) is 0 Å². The highest BCUT2D eigenvalue weighted by atomic mass is 32.1. The van der Waals surface area contributed by atoms with E-state index >= 15 is 0 Å². The number of thiophene rings is 1. The average Bonchev–Trinajstić information content (AvgIpc) is 1.10. The highest BCUT2D eigenvalue weighted by molar-refractivity contribution is 7.17. The Hall–Kier alpha value is -12.8. The number of Topliss-reactive ketones (excluding diaryl/α,β-unsaturated/α-hetero) is 6. The molecule has 12 rings (SSSR count). The van der Waals surface area contributed by atoms with Crippen molar-refractivity contribution in [3.63, 3.8) is 0 Å². The van der Waals surface area contributed by atoms with Gasteiger partial charge in [-0.3, -0.25) is 9.59 Å². The molecule has 3 aromatic carbocycles. The lowest BCUT2D eigenvalue weighted by molar-refractivity contribution is -0.130. The number of rotatable bonds is 48. The molecule has 780 valence electrons. The maximum absolute atomic E-state index is 13.6. The minimum absolute atomic E-state index is 0.000496. The van der Waals surface area contributed by atoms with Gasteiger partial charge in [-0.25, -0.2) is 43.1 Å². The first-order valence-corrected chi connectivity index (χ1v) is 51.4. The molecule has 7 aromatic heterocycles. The molecule has 6 atom stereocenters. The molecule has 0 saturated carbocycles. The molecule has 2 aliphatic rings. The molecule has 0 unspecified atom stereocenters. The Morgan fingerprint density at radius 2 is 0.713 bits per heavy atom. The van der Waals surface area contributed by atoms with Crippen LogP contribution in [0.1, 0.15) is 333 Å². The smallest absolute Gasteiger partial charge is 0.222 e. The predicted octanol–water partition coefficient (Wildman–Crippen LogP) is 20.5. The molecule has 10 aromatic rings. The zero-order chi connectivity index (χ0) is 105. The summed E-state index contributed by atoms with van der Waals surface area (Å²) < 4.78 is 41.4. The van der Waals surface area contributed by atoms with Crippen LogP contribution in [0.15, 0.2) is 66.0 Å². The Labute approximate surface area is 844 Å². The van der Waals surface area contributed by atoms with Gasteiger partial charge in [-0.05, 0) is 188 Å². The van der Waals surface area contributed by atoms with Gasteiger partial charge in [-0.1, -0.05) is 131 Å². The first kappa shape index (κ1) is 117. The quantitative estimate of drug-likeness (QED) is 0.0168. The normalized spacial score (nSPS) is 13.9. The van der Waals surface area contributed by atoms with Crippen molar-refractivity contribution < 1.29 is 51.5 Å². The van der Waals surface area contributed by atoms with Crippen molar-refractivity contribution in [2.75, 3.05) is 79.4 Å². The monoisotopic (exact) mass is 2000 g/mol. The number of ketones is 6. The molecule has 143 heavy (non-hydrogen) atoms. The highest BCUT2D eigenvalue weighted by Gasteiger charge is 2.34. The topological polar surface area (TPSA) is 526 Å². The van der Waals surface area contributed by atoms with Crippen LogP contribution in [-0.4, -0.2) is 164 Å². The summed E-state index contributed by atoms with van der Waals surface area (Å²) >= 11 is 1.60. The maximum Gasteiger partial charge on any atom is 0.222 e. The molecule has 0 saturated heterocycles. The summed E-state index contributed by atoms with van der Waals surface area (Å²) in [5.74, 6) is 3.88. The van der Waals surface area contributed by atoms with Gasteiger partial charge in [0.1, 0.15) is 75.4 Å². The van der Waals surface area contributed by atoms with E-state index in [-0.39, 0.29) is 128 Å². The van der Waals surface area contributed by atoms with Gasteiger partial charge in [0.2, 0.25) is 47.5 Å². The van der Waals surface area contributed by atoms with Crippen LogP contribution in [0.5, 0.6) is 0 Å². The van der Waals surface area contributed by atoms with E-state index in [1.54, 1.807) is 82.6 Å². The Bertz CT molecular complexity index is 5890. The van der Waals surface area contributed by atoms with Crippen LogP contribution < -0.4 is 66.3 Å². The number of hydrogen-bond donors (Lipinski definition) is 12. The largest absolute Gasteiger partial charge is 0.368 e. The van der Waals surface area contributed by atoms with Gasteiger partial charge in [0.15, 0.2) is 11.6 Å². The number of benzene rings is 3. The number of carbonyl (C=O) groups excluding carboxylic acids is 8. The fourth-order valence-electron chi connectivity index (χ4n) is 16.9. The standard InChI is InChI=1S/2C19H31N5O2.C17H22F2N4O.C17H23FN4O.C17H24N4O.C16H24N4OS/c1-5-6-9-19(4,10-7-13(2)25)23-17-15-12-24(14(3)26)11-8-16(15)21-18(20)22-17;1-5-6-9-19(4,10-7-13(2)25)23-17-15-8-11-24(14(3)26)12-16(15)21-18(20)22-17;1-3-4-5-11(7-6-10(2)24)21-16-12-8-13(18)14(19)9-15(12)22-17(20)23-16;1-3-4-5-13(8-6-11(2)23)20-16-14-9-7-12(18)10-15(14)21-17(19)22-16;1-3-4-7-13(11-10-12(2)22)19-16-14-8-5-6-9-15(14)20-17(18)21-16;1-4-5-8-16(3,9-6-11(2)21)20-14-13-12(7-10-22-13)18-15(17)19-14/h2*5-12H2,1-4H3,(H3,20,21,22,23);8-9,11H,3-7H2,1-2H3,(H3,20,21,22,23);7,9-10,13H,3-6,8H2,1-2H3,(H3,19,20,21,22);5-6,8-9,13H,3-4,7,10-11H2,1-2H3,(H3,18,19,20,21);7,10H,4-6,8-9H2,1-3H3,(H3,17,18,19,20)/t2*19-;11-;2*13-;16-/m111111/s1. The molecule has 2 aliphatic heterocycles. The first-order valence-electron chi connectivity index (χ1n) is 50.5. The van der Waals surface area contributed by atoms with Crippen molar-refractivity contribution in [3.05, 3.63) is 106 Å². The van der Waals surface area contributed by atoms with Crippen molar-refractivity contribution in [1.82, 2.24) is 69.6 Å². The van der Waals surface area contributed by atoms with E-state index in [0.29, 0.717) is 112 Å². The van der Waals surface area contributed by atoms with Gasteiger partial charge < -0.3 is 105 Å². The summed E-state index contributed by atoms with van der Waals surface area (Å²) in [4.78, 5) is 146. The molecular weight excluding hydrogens is 1840 g/mol. The lowest BCUT2D eigenvalue weighted by atomic mass is 9.88. The number of hydrogen-bond acceptors (Lipinski definition) is 33. The summed E-state index contributed by atoms with van der Waals surface area (Å²) in [6.45, 7) is 34.4. The van der Waals surface area contributed by atoms with E-state index in [1.165, 1.54) is 12.1 Å². The first-order chi connectivity index (χ1) is 67.9. The van der Waals surface area contributed by atoms with E-state index in [0.717, 1.165) is 226 Å². The molecule has 0 bridgehead atoms. The molecule has 18 N–H and O–H groups in total. The molecule has 34 nitrogen and oxygen atoms in total. The number of nitrogens with one attached hydrogen (secondary N) is 6. The van der Waals surface area contributed by atoms with E-state index in [9.17, 15) is 51.5 Å².